The molecule has 1 rings (SSSR count). The van der Waals surface area contributed by atoms with Gasteiger partial charge in [-0.2, -0.15) is 0 Å². The molecule has 0 spiro atoms. The predicted molar refractivity (Wildman–Crippen MR) is 73.3 cm³/mol. The molecule has 1 aromatic carbocycles. The molecule has 0 aliphatic rings. The van der Waals surface area contributed by atoms with Gasteiger partial charge in [0.25, 0.3) is 0 Å². The van der Waals surface area contributed by atoms with Crippen molar-refractivity contribution < 1.29 is 4.74 Å². The van der Waals surface area contributed by atoms with Gasteiger partial charge in [-0.05, 0) is 30.9 Å². The molecular formula is C15H25NO. The fourth-order valence-electron chi connectivity index (χ4n) is 2.11. The normalized spacial score (nSPS) is 12.6. The largest absolute Gasteiger partial charge is 0.383 e. The Morgan fingerprint density at radius 3 is 2.65 bits per heavy atom. The van der Waals surface area contributed by atoms with Crippen molar-refractivity contribution in [3.63, 3.8) is 0 Å². The van der Waals surface area contributed by atoms with Gasteiger partial charge >= 0.3 is 0 Å². The number of ether oxygens (including phenoxy) is 1. The van der Waals surface area contributed by atoms with Crippen molar-refractivity contribution in [1.82, 2.24) is 5.32 Å². The highest BCUT2D eigenvalue weighted by Gasteiger charge is 2.08. The average molecular weight is 235 g/mol. The van der Waals surface area contributed by atoms with Gasteiger partial charge in [0.15, 0.2) is 0 Å². The number of rotatable bonds is 9. The van der Waals surface area contributed by atoms with E-state index in [9.17, 15) is 0 Å². The molecule has 0 aromatic heterocycles. The molecule has 0 amide bonds. The van der Waals surface area contributed by atoms with Gasteiger partial charge in [-0.3, -0.25) is 0 Å². The molecule has 0 aliphatic carbocycles. The van der Waals surface area contributed by atoms with Crippen molar-refractivity contribution in [2.75, 3.05) is 26.8 Å². The molecule has 1 unspecified atom stereocenters. The number of nitrogens with one attached hydrogen (secondary N) is 1. The van der Waals surface area contributed by atoms with Gasteiger partial charge in [-0.1, -0.05) is 43.7 Å². The van der Waals surface area contributed by atoms with Crippen LogP contribution in [0.25, 0.3) is 0 Å². The lowest BCUT2D eigenvalue weighted by molar-refractivity contribution is 0.197. The molecule has 17 heavy (non-hydrogen) atoms. The van der Waals surface area contributed by atoms with E-state index < -0.39 is 0 Å². The summed E-state index contributed by atoms with van der Waals surface area (Å²) in [5.74, 6) is 0.735. The van der Waals surface area contributed by atoms with E-state index in [-0.39, 0.29) is 0 Å². The first-order valence-corrected chi connectivity index (χ1v) is 6.60. The van der Waals surface area contributed by atoms with E-state index in [0.717, 1.165) is 25.6 Å². The average Bonchev–Trinajstić information content (AvgIpc) is 2.36. The molecule has 1 N–H and O–H groups in total. The second-order valence-corrected chi connectivity index (χ2v) is 4.54. The minimum atomic E-state index is 0.735. The van der Waals surface area contributed by atoms with Gasteiger partial charge < -0.3 is 10.1 Å². The van der Waals surface area contributed by atoms with Gasteiger partial charge in [0.2, 0.25) is 0 Å². The second-order valence-electron chi connectivity index (χ2n) is 4.54. The minimum Gasteiger partial charge on any atom is -0.383 e. The molecule has 0 heterocycles. The Balaban J connectivity index is 2.32. The maximum absolute atomic E-state index is 5.04. The highest BCUT2D eigenvalue weighted by atomic mass is 16.5. The molecule has 2 heteroatoms. The summed E-state index contributed by atoms with van der Waals surface area (Å²) in [5.41, 5.74) is 1.44. The van der Waals surface area contributed by atoms with Crippen LogP contribution in [0.4, 0.5) is 0 Å². The number of benzene rings is 1. The minimum absolute atomic E-state index is 0.735. The van der Waals surface area contributed by atoms with E-state index >= 15 is 0 Å². The predicted octanol–water partition coefficient (Wildman–Crippen LogP) is 2.88. The molecule has 1 aromatic rings. The molecule has 1 atom stereocenters. The van der Waals surface area contributed by atoms with E-state index in [1.807, 2.05) is 0 Å². The first kappa shape index (κ1) is 14.2. The van der Waals surface area contributed by atoms with Crippen LogP contribution < -0.4 is 5.32 Å². The Morgan fingerprint density at radius 2 is 2.00 bits per heavy atom. The Labute approximate surface area is 105 Å². The lowest BCUT2D eigenvalue weighted by Gasteiger charge is -2.17. The molecule has 0 saturated carbocycles. The van der Waals surface area contributed by atoms with E-state index in [1.54, 1.807) is 7.11 Å². The monoisotopic (exact) mass is 235 g/mol. The summed E-state index contributed by atoms with van der Waals surface area (Å²) in [4.78, 5) is 0. The highest BCUT2D eigenvalue weighted by Crippen LogP contribution is 2.13. The summed E-state index contributed by atoms with van der Waals surface area (Å²) < 4.78 is 5.04. The standard InChI is InChI=1S/C15H25NO/c1-3-7-15(13-16-10-11-17-2)12-14-8-5-4-6-9-14/h4-6,8-9,15-16H,3,7,10-13H2,1-2H3. The summed E-state index contributed by atoms with van der Waals surface area (Å²) in [7, 11) is 1.75. The lowest BCUT2D eigenvalue weighted by atomic mass is 9.95. The van der Waals surface area contributed by atoms with Crippen LogP contribution in [0.15, 0.2) is 30.3 Å². The summed E-state index contributed by atoms with van der Waals surface area (Å²) in [6, 6.07) is 10.8. The van der Waals surface area contributed by atoms with Crippen LogP contribution in [-0.2, 0) is 11.2 Å². The summed E-state index contributed by atoms with van der Waals surface area (Å²) in [5, 5.41) is 3.47. The Morgan fingerprint density at radius 1 is 1.24 bits per heavy atom. The zero-order valence-electron chi connectivity index (χ0n) is 11.1. The zero-order chi connectivity index (χ0) is 12.3. The van der Waals surface area contributed by atoms with Crippen LogP contribution in [0, 0.1) is 5.92 Å². The molecule has 0 bridgehead atoms. The fourth-order valence-corrected chi connectivity index (χ4v) is 2.11. The van der Waals surface area contributed by atoms with Crippen molar-refractivity contribution in [1.29, 1.82) is 0 Å². The van der Waals surface area contributed by atoms with E-state index in [4.69, 9.17) is 4.74 Å². The number of methoxy groups -OCH3 is 1. The third-order valence-corrected chi connectivity index (χ3v) is 2.98. The van der Waals surface area contributed by atoms with Crippen LogP contribution >= 0.6 is 0 Å². The van der Waals surface area contributed by atoms with E-state index in [2.05, 4.69) is 42.6 Å². The Kier molecular flexibility index (Phi) is 7.69. The third kappa shape index (κ3) is 6.44. The highest BCUT2D eigenvalue weighted by molar-refractivity contribution is 5.15. The first-order chi connectivity index (χ1) is 8.36. The number of hydrogen-bond acceptors (Lipinski definition) is 2. The first-order valence-electron chi connectivity index (χ1n) is 6.60. The van der Waals surface area contributed by atoms with Crippen molar-refractivity contribution in [3.8, 4) is 0 Å². The van der Waals surface area contributed by atoms with Crippen molar-refractivity contribution >= 4 is 0 Å². The van der Waals surface area contributed by atoms with Gasteiger partial charge in [-0.25, -0.2) is 0 Å². The second kappa shape index (κ2) is 9.20. The fraction of sp³-hybridized carbons (Fsp3) is 0.600. The lowest BCUT2D eigenvalue weighted by Crippen LogP contribution is -2.27. The van der Waals surface area contributed by atoms with Gasteiger partial charge in [0, 0.05) is 13.7 Å². The van der Waals surface area contributed by atoms with Crippen molar-refractivity contribution in [2.45, 2.75) is 26.2 Å². The van der Waals surface area contributed by atoms with E-state index in [0.29, 0.717) is 0 Å². The quantitative estimate of drug-likeness (QED) is 0.665. The van der Waals surface area contributed by atoms with Gasteiger partial charge in [0.1, 0.15) is 0 Å². The zero-order valence-corrected chi connectivity index (χ0v) is 11.1. The van der Waals surface area contributed by atoms with Crippen molar-refractivity contribution in [2.24, 2.45) is 5.92 Å². The van der Waals surface area contributed by atoms with Gasteiger partial charge in [0.05, 0.1) is 6.61 Å². The van der Waals surface area contributed by atoms with Crippen LogP contribution in [-0.4, -0.2) is 26.8 Å². The molecule has 0 aliphatic heterocycles. The van der Waals surface area contributed by atoms with E-state index in [1.165, 1.54) is 24.8 Å². The smallest absolute Gasteiger partial charge is 0.0587 e. The maximum atomic E-state index is 5.04. The van der Waals surface area contributed by atoms with Gasteiger partial charge in [-0.15, -0.1) is 0 Å². The molecule has 96 valence electrons. The third-order valence-electron chi connectivity index (χ3n) is 2.98. The van der Waals surface area contributed by atoms with Crippen LogP contribution in [0.1, 0.15) is 25.3 Å². The molecular weight excluding hydrogens is 210 g/mol. The summed E-state index contributed by atoms with van der Waals surface area (Å²) in [6.07, 6.45) is 3.72. The Hall–Kier alpha value is -0.860. The molecule has 0 radical (unpaired) electrons. The molecule has 2 nitrogen and oxygen atoms in total. The van der Waals surface area contributed by atoms with Crippen LogP contribution in [0.2, 0.25) is 0 Å². The SMILES string of the molecule is CCCC(CNCCOC)Cc1ccccc1. The molecule has 0 saturated heterocycles. The van der Waals surface area contributed by atoms with Crippen LogP contribution in [0.5, 0.6) is 0 Å². The van der Waals surface area contributed by atoms with Crippen LogP contribution in [0.3, 0.4) is 0 Å². The number of hydrogen-bond donors (Lipinski definition) is 1. The van der Waals surface area contributed by atoms with Crippen molar-refractivity contribution in [3.05, 3.63) is 35.9 Å². The Bertz CT molecular complexity index is 274. The molecule has 0 fully saturated rings. The summed E-state index contributed by atoms with van der Waals surface area (Å²) in [6.45, 7) is 5.09. The topological polar surface area (TPSA) is 21.3 Å². The summed E-state index contributed by atoms with van der Waals surface area (Å²) >= 11 is 0. The maximum Gasteiger partial charge on any atom is 0.0587 e.